The van der Waals surface area contributed by atoms with Crippen LogP contribution in [0.25, 0.3) is 0 Å². The Morgan fingerprint density at radius 3 is 2.93 bits per heavy atom. The number of carbonyl (C=O) groups is 1. The van der Waals surface area contributed by atoms with E-state index in [9.17, 15) is 4.79 Å². The molecule has 0 spiro atoms. The molecule has 1 aromatic rings. The summed E-state index contributed by atoms with van der Waals surface area (Å²) < 4.78 is 10.3. The lowest BCUT2D eigenvalue weighted by molar-refractivity contribution is 0.123. The monoisotopic (exact) mass is 208 g/mol. The Morgan fingerprint density at radius 1 is 1.53 bits per heavy atom. The zero-order valence-electron chi connectivity index (χ0n) is 8.61. The molecule has 0 radical (unpaired) electrons. The molecule has 0 amide bonds. The van der Waals surface area contributed by atoms with Crippen molar-refractivity contribution in [3.63, 3.8) is 0 Å². The first-order valence-corrected chi connectivity index (χ1v) is 4.70. The molecule has 0 unspecified atom stereocenters. The second kappa shape index (κ2) is 3.15. The predicted octanol–water partition coefficient (Wildman–Crippen LogP) is 2.46. The van der Waals surface area contributed by atoms with Gasteiger partial charge in [0.2, 0.25) is 0 Å². The van der Waals surface area contributed by atoms with Gasteiger partial charge in [-0.25, -0.2) is 4.79 Å². The molecule has 1 N–H and O–H groups in total. The largest absolute Gasteiger partial charge is 0.511 e. The van der Waals surface area contributed by atoms with Crippen molar-refractivity contribution < 1.29 is 19.4 Å². The number of carboxylic acid groups (broad SMARTS) is 1. The minimum absolute atomic E-state index is 0.269. The van der Waals surface area contributed by atoms with Gasteiger partial charge in [-0.15, -0.1) is 0 Å². The maximum atomic E-state index is 10.5. The van der Waals surface area contributed by atoms with E-state index in [0.717, 1.165) is 12.0 Å². The standard InChI is InChI=1S/C11H12O4/c1-11(2)6-7-4-3-5-8(9(7)15-11)14-10(12)13/h3-5H,6H2,1-2H3,(H,12,13). The number of para-hydroxylation sites is 1. The molecular weight excluding hydrogens is 196 g/mol. The maximum absolute atomic E-state index is 10.5. The molecule has 0 saturated heterocycles. The van der Waals surface area contributed by atoms with Gasteiger partial charge in [0.1, 0.15) is 5.60 Å². The summed E-state index contributed by atoms with van der Waals surface area (Å²) in [5.41, 5.74) is 0.694. The zero-order valence-corrected chi connectivity index (χ0v) is 8.61. The van der Waals surface area contributed by atoms with Gasteiger partial charge in [-0.05, 0) is 19.9 Å². The molecule has 80 valence electrons. The van der Waals surface area contributed by atoms with Crippen molar-refractivity contribution in [2.45, 2.75) is 25.9 Å². The average Bonchev–Trinajstić information content (AvgIpc) is 2.39. The molecule has 1 aliphatic heterocycles. The highest BCUT2D eigenvalue weighted by Crippen LogP contribution is 2.41. The number of hydrogen-bond donors (Lipinski definition) is 1. The Labute approximate surface area is 87.4 Å². The van der Waals surface area contributed by atoms with E-state index in [4.69, 9.17) is 9.84 Å². The van der Waals surface area contributed by atoms with Crippen LogP contribution in [0.2, 0.25) is 0 Å². The van der Waals surface area contributed by atoms with Crippen LogP contribution in [-0.2, 0) is 6.42 Å². The smallest absolute Gasteiger partial charge is 0.483 e. The van der Waals surface area contributed by atoms with Gasteiger partial charge in [0.25, 0.3) is 0 Å². The van der Waals surface area contributed by atoms with Gasteiger partial charge >= 0.3 is 6.16 Å². The molecule has 0 bridgehead atoms. The molecule has 2 rings (SSSR count). The van der Waals surface area contributed by atoms with Crippen molar-refractivity contribution in [3.05, 3.63) is 23.8 Å². The van der Waals surface area contributed by atoms with Crippen molar-refractivity contribution >= 4 is 6.16 Å². The Kier molecular flexibility index (Phi) is 2.07. The van der Waals surface area contributed by atoms with E-state index >= 15 is 0 Å². The fourth-order valence-electron chi connectivity index (χ4n) is 1.76. The van der Waals surface area contributed by atoms with Crippen LogP contribution in [0.5, 0.6) is 11.5 Å². The van der Waals surface area contributed by atoms with Crippen molar-refractivity contribution in [1.82, 2.24) is 0 Å². The Bertz CT molecular complexity index is 409. The molecule has 1 heterocycles. The lowest BCUT2D eigenvalue weighted by Gasteiger charge is -2.17. The molecule has 0 fully saturated rings. The molecule has 1 aromatic carbocycles. The van der Waals surface area contributed by atoms with E-state index in [-0.39, 0.29) is 11.4 Å². The number of benzene rings is 1. The normalized spacial score (nSPS) is 16.7. The molecular formula is C11H12O4. The van der Waals surface area contributed by atoms with E-state index in [1.54, 1.807) is 12.1 Å². The van der Waals surface area contributed by atoms with Gasteiger partial charge in [0.15, 0.2) is 11.5 Å². The molecule has 0 atom stereocenters. The van der Waals surface area contributed by atoms with Crippen molar-refractivity contribution in [1.29, 1.82) is 0 Å². The Hall–Kier alpha value is -1.71. The second-order valence-corrected chi connectivity index (χ2v) is 4.15. The van der Waals surface area contributed by atoms with Gasteiger partial charge in [-0.1, -0.05) is 12.1 Å². The SMILES string of the molecule is CC1(C)Cc2cccc(OC(=O)O)c2O1. The third-order valence-corrected chi connectivity index (χ3v) is 2.25. The second-order valence-electron chi connectivity index (χ2n) is 4.15. The van der Waals surface area contributed by atoms with Crippen LogP contribution in [-0.4, -0.2) is 16.9 Å². The number of rotatable bonds is 1. The van der Waals surface area contributed by atoms with Crippen LogP contribution in [0, 0.1) is 0 Å². The van der Waals surface area contributed by atoms with Crippen molar-refractivity contribution in [2.75, 3.05) is 0 Å². The fraction of sp³-hybridized carbons (Fsp3) is 0.364. The first-order valence-electron chi connectivity index (χ1n) is 4.70. The highest BCUT2D eigenvalue weighted by Gasteiger charge is 2.32. The van der Waals surface area contributed by atoms with Crippen LogP contribution < -0.4 is 9.47 Å². The number of fused-ring (bicyclic) bond motifs is 1. The van der Waals surface area contributed by atoms with Crippen LogP contribution in [0.1, 0.15) is 19.4 Å². The van der Waals surface area contributed by atoms with E-state index in [2.05, 4.69) is 4.74 Å². The summed E-state index contributed by atoms with van der Waals surface area (Å²) in [6.07, 6.45) is -0.559. The number of ether oxygens (including phenoxy) is 2. The summed E-state index contributed by atoms with van der Waals surface area (Å²) in [6, 6.07) is 5.27. The topological polar surface area (TPSA) is 55.8 Å². The molecule has 4 heteroatoms. The Balaban J connectivity index is 2.37. The maximum Gasteiger partial charge on any atom is 0.511 e. The van der Waals surface area contributed by atoms with E-state index in [0.29, 0.717) is 5.75 Å². The first kappa shape index (κ1) is 9.83. The molecule has 1 aliphatic rings. The van der Waals surface area contributed by atoms with Gasteiger partial charge in [0.05, 0.1) is 0 Å². The van der Waals surface area contributed by atoms with E-state index < -0.39 is 6.16 Å². The Morgan fingerprint density at radius 2 is 2.27 bits per heavy atom. The third-order valence-electron chi connectivity index (χ3n) is 2.25. The van der Waals surface area contributed by atoms with Crippen LogP contribution in [0.15, 0.2) is 18.2 Å². The highest BCUT2D eigenvalue weighted by atomic mass is 16.7. The summed E-state index contributed by atoms with van der Waals surface area (Å²) in [5.74, 6) is 0.815. The molecule has 15 heavy (non-hydrogen) atoms. The van der Waals surface area contributed by atoms with Crippen LogP contribution in [0.3, 0.4) is 0 Å². The summed E-state index contributed by atoms with van der Waals surface area (Å²) in [4.78, 5) is 10.5. The van der Waals surface area contributed by atoms with Crippen LogP contribution >= 0.6 is 0 Å². The molecule has 0 saturated carbocycles. The van der Waals surface area contributed by atoms with E-state index in [1.165, 1.54) is 0 Å². The van der Waals surface area contributed by atoms with Gasteiger partial charge in [-0.3, -0.25) is 0 Å². The average molecular weight is 208 g/mol. The predicted molar refractivity (Wildman–Crippen MR) is 53.5 cm³/mol. The summed E-state index contributed by atoms with van der Waals surface area (Å²) in [5, 5.41) is 8.55. The first-order chi connectivity index (χ1) is 6.98. The summed E-state index contributed by atoms with van der Waals surface area (Å²) >= 11 is 0. The quantitative estimate of drug-likeness (QED) is 0.569. The van der Waals surface area contributed by atoms with Crippen LogP contribution in [0.4, 0.5) is 4.79 Å². The minimum atomic E-state index is -1.32. The van der Waals surface area contributed by atoms with Gasteiger partial charge < -0.3 is 14.6 Å². The number of hydrogen-bond acceptors (Lipinski definition) is 3. The lowest BCUT2D eigenvalue weighted by Crippen LogP contribution is -2.24. The summed E-state index contributed by atoms with van der Waals surface area (Å²) in [6.45, 7) is 3.91. The van der Waals surface area contributed by atoms with Gasteiger partial charge in [-0.2, -0.15) is 0 Å². The molecule has 4 nitrogen and oxygen atoms in total. The van der Waals surface area contributed by atoms with Crippen molar-refractivity contribution in [2.24, 2.45) is 0 Å². The third kappa shape index (κ3) is 1.88. The fourth-order valence-corrected chi connectivity index (χ4v) is 1.76. The molecule has 0 aliphatic carbocycles. The molecule has 0 aromatic heterocycles. The minimum Gasteiger partial charge on any atom is -0.483 e. The highest BCUT2D eigenvalue weighted by molar-refractivity contribution is 5.64. The van der Waals surface area contributed by atoms with Gasteiger partial charge in [0, 0.05) is 12.0 Å². The van der Waals surface area contributed by atoms with Crippen molar-refractivity contribution in [3.8, 4) is 11.5 Å². The summed E-state index contributed by atoms with van der Waals surface area (Å²) in [7, 11) is 0. The zero-order chi connectivity index (χ0) is 11.1. The lowest BCUT2D eigenvalue weighted by atomic mass is 10.0. The van der Waals surface area contributed by atoms with E-state index in [1.807, 2.05) is 19.9 Å².